The number of ether oxygens (including phenoxy) is 2. The summed E-state index contributed by atoms with van der Waals surface area (Å²) in [4.78, 5) is 18.4. The number of rotatable bonds is 6. The normalized spacial score (nSPS) is 27.9. The van der Waals surface area contributed by atoms with Crippen molar-refractivity contribution in [3.63, 3.8) is 0 Å². The molecule has 3 atom stereocenters. The number of methoxy groups -OCH3 is 1. The minimum atomic E-state index is -0.341. The standard InChI is InChI=1S/C25H30N2O3/c1-3-30-23-12-7-5-10-20(23)21-15-19-17-26(16-18-9-4-6-11-22(18)29-2)24(28)25(19)13-8-14-27(21)25/h4-7,9-12,19,21H,3,8,13-17H2,1-2H3/t19-,21-,25-/m0/s1. The lowest BCUT2D eigenvalue weighted by atomic mass is 9.85. The summed E-state index contributed by atoms with van der Waals surface area (Å²) >= 11 is 0. The van der Waals surface area contributed by atoms with Gasteiger partial charge in [-0.3, -0.25) is 9.69 Å². The molecular formula is C25H30N2O3. The molecule has 3 aliphatic rings. The lowest BCUT2D eigenvalue weighted by Crippen LogP contribution is -2.49. The first-order valence-corrected chi connectivity index (χ1v) is 11.1. The zero-order valence-electron chi connectivity index (χ0n) is 17.8. The van der Waals surface area contributed by atoms with Crippen molar-refractivity contribution in [1.29, 1.82) is 0 Å². The molecule has 158 valence electrons. The first-order chi connectivity index (χ1) is 14.7. The van der Waals surface area contributed by atoms with Crippen LogP contribution in [0.3, 0.4) is 0 Å². The molecule has 2 aromatic carbocycles. The molecule has 0 radical (unpaired) electrons. The van der Waals surface area contributed by atoms with Crippen LogP contribution in [0.15, 0.2) is 48.5 Å². The summed E-state index contributed by atoms with van der Waals surface area (Å²) in [5, 5.41) is 0. The second-order valence-electron chi connectivity index (χ2n) is 8.64. The summed E-state index contributed by atoms with van der Waals surface area (Å²) in [7, 11) is 1.69. The van der Waals surface area contributed by atoms with E-state index in [9.17, 15) is 4.79 Å². The van der Waals surface area contributed by atoms with Gasteiger partial charge in [-0.2, -0.15) is 0 Å². The van der Waals surface area contributed by atoms with Crippen molar-refractivity contribution in [2.24, 2.45) is 5.92 Å². The number of likely N-dealkylation sites (tertiary alicyclic amines) is 1. The minimum Gasteiger partial charge on any atom is -0.496 e. The van der Waals surface area contributed by atoms with E-state index >= 15 is 0 Å². The molecule has 3 heterocycles. The number of nitrogens with zero attached hydrogens (tertiary/aromatic N) is 2. The quantitative estimate of drug-likeness (QED) is 0.726. The second-order valence-corrected chi connectivity index (χ2v) is 8.64. The molecule has 3 fully saturated rings. The van der Waals surface area contributed by atoms with Gasteiger partial charge < -0.3 is 14.4 Å². The van der Waals surface area contributed by atoms with E-state index in [-0.39, 0.29) is 11.6 Å². The van der Waals surface area contributed by atoms with Crippen LogP contribution in [0.2, 0.25) is 0 Å². The van der Waals surface area contributed by atoms with Gasteiger partial charge in [0.2, 0.25) is 5.91 Å². The fraction of sp³-hybridized carbons (Fsp3) is 0.480. The van der Waals surface area contributed by atoms with Crippen LogP contribution in [0.4, 0.5) is 0 Å². The third-order valence-corrected chi connectivity index (χ3v) is 7.26. The van der Waals surface area contributed by atoms with Crippen LogP contribution in [0.1, 0.15) is 43.4 Å². The zero-order valence-corrected chi connectivity index (χ0v) is 17.8. The summed E-state index contributed by atoms with van der Waals surface area (Å²) in [6.45, 7) is 5.10. The maximum Gasteiger partial charge on any atom is 0.243 e. The van der Waals surface area contributed by atoms with Crippen LogP contribution in [0.25, 0.3) is 0 Å². The summed E-state index contributed by atoms with van der Waals surface area (Å²) < 4.78 is 11.5. The smallest absolute Gasteiger partial charge is 0.243 e. The van der Waals surface area contributed by atoms with Gasteiger partial charge in [-0.25, -0.2) is 0 Å². The Morgan fingerprint density at radius 2 is 1.87 bits per heavy atom. The molecule has 1 amide bonds. The molecule has 30 heavy (non-hydrogen) atoms. The average Bonchev–Trinajstić information content (AvgIpc) is 3.40. The Hall–Kier alpha value is -2.53. The molecule has 2 aromatic rings. The summed E-state index contributed by atoms with van der Waals surface area (Å²) in [5.74, 6) is 2.48. The number of hydrogen-bond donors (Lipinski definition) is 0. The van der Waals surface area contributed by atoms with Gasteiger partial charge in [0.05, 0.1) is 13.7 Å². The Bertz CT molecular complexity index is 945. The molecule has 0 N–H and O–H groups in total. The van der Waals surface area contributed by atoms with Crippen molar-refractivity contribution in [3.05, 3.63) is 59.7 Å². The Morgan fingerprint density at radius 3 is 2.67 bits per heavy atom. The zero-order chi connectivity index (χ0) is 20.7. The molecular weight excluding hydrogens is 376 g/mol. The average molecular weight is 407 g/mol. The highest BCUT2D eigenvalue weighted by molar-refractivity contribution is 5.90. The van der Waals surface area contributed by atoms with E-state index in [1.807, 2.05) is 31.2 Å². The monoisotopic (exact) mass is 406 g/mol. The number of para-hydroxylation sites is 2. The van der Waals surface area contributed by atoms with Crippen LogP contribution in [0.5, 0.6) is 11.5 Å². The van der Waals surface area contributed by atoms with E-state index in [0.717, 1.165) is 49.4 Å². The molecule has 5 heteroatoms. The SMILES string of the molecule is CCOc1ccccc1[C@@H]1C[C@H]2CN(Cc3ccccc3OC)C(=O)[C@]23CCCN13. The van der Waals surface area contributed by atoms with E-state index in [1.54, 1.807) is 7.11 Å². The maximum atomic E-state index is 13.8. The first kappa shape index (κ1) is 19.4. The van der Waals surface area contributed by atoms with Crippen LogP contribution in [0, 0.1) is 5.92 Å². The molecule has 5 nitrogen and oxygen atoms in total. The lowest BCUT2D eigenvalue weighted by Gasteiger charge is -2.34. The Labute approximate surface area is 178 Å². The van der Waals surface area contributed by atoms with Gasteiger partial charge in [0.15, 0.2) is 0 Å². The Balaban J connectivity index is 1.43. The number of benzene rings is 2. The van der Waals surface area contributed by atoms with E-state index in [4.69, 9.17) is 9.47 Å². The van der Waals surface area contributed by atoms with Crippen molar-refractivity contribution in [2.45, 2.75) is 44.3 Å². The molecule has 1 spiro atoms. The van der Waals surface area contributed by atoms with E-state index in [1.165, 1.54) is 5.56 Å². The summed E-state index contributed by atoms with van der Waals surface area (Å²) in [6, 6.07) is 16.6. The van der Waals surface area contributed by atoms with Gasteiger partial charge in [-0.05, 0) is 44.9 Å². The van der Waals surface area contributed by atoms with Crippen molar-refractivity contribution >= 4 is 5.91 Å². The predicted octanol–water partition coefficient (Wildman–Crippen LogP) is 4.03. The number of hydrogen-bond acceptors (Lipinski definition) is 4. The first-order valence-electron chi connectivity index (χ1n) is 11.1. The summed E-state index contributed by atoms with van der Waals surface area (Å²) in [5.41, 5.74) is 1.97. The Kier molecular flexibility index (Phi) is 4.94. The van der Waals surface area contributed by atoms with E-state index in [0.29, 0.717) is 25.0 Å². The van der Waals surface area contributed by atoms with Gasteiger partial charge in [0.1, 0.15) is 17.0 Å². The minimum absolute atomic E-state index is 0.262. The Morgan fingerprint density at radius 1 is 1.10 bits per heavy atom. The van der Waals surface area contributed by atoms with Crippen molar-refractivity contribution in [3.8, 4) is 11.5 Å². The topological polar surface area (TPSA) is 42.0 Å². The van der Waals surface area contributed by atoms with Gasteiger partial charge in [-0.1, -0.05) is 36.4 Å². The van der Waals surface area contributed by atoms with Crippen LogP contribution >= 0.6 is 0 Å². The largest absolute Gasteiger partial charge is 0.496 e. The van der Waals surface area contributed by atoms with Crippen LogP contribution in [-0.2, 0) is 11.3 Å². The fourth-order valence-corrected chi connectivity index (χ4v) is 6.09. The highest BCUT2D eigenvalue weighted by Crippen LogP contribution is 2.57. The summed E-state index contributed by atoms with van der Waals surface area (Å²) in [6.07, 6.45) is 3.06. The number of carbonyl (C=O) groups excluding carboxylic acids is 1. The number of amides is 1. The van der Waals surface area contributed by atoms with E-state index < -0.39 is 0 Å². The highest BCUT2D eigenvalue weighted by atomic mass is 16.5. The number of carbonyl (C=O) groups is 1. The predicted molar refractivity (Wildman–Crippen MR) is 116 cm³/mol. The molecule has 3 aliphatic heterocycles. The van der Waals surface area contributed by atoms with Crippen molar-refractivity contribution < 1.29 is 14.3 Å². The third kappa shape index (κ3) is 2.83. The molecule has 0 bridgehead atoms. The third-order valence-electron chi connectivity index (χ3n) is 7.26. The molecule has 3 saturated heterocycles. The van der Waals surface area contributed by atoms with Gasteiger partial charge in [0.25, 0.3) is 0 Å². The molecule has 0 aliphatic carbocycles. The van der Waals surface area contributed by atoms with E-state index in [2.05, 4.69) is 34.1 Å². The second kappa shape index (κ2) is 7.62. The van der Waals surface area contributed by atoms with Crippen LogP contribution < -0.4 is 9.47 Å². The van der Waals surface area contributed by atoms with Gasteiger partial charge in [0, 0.05) is 36.2 Å². The lowest BCUT2D eigenvalue weighted by molar-refractivity contribution is -0.137. The van der Waals surface area contributed by atoms with Crippen molar-refractivity contribution in [1.82, 2.24) is 9.80 Å². The molecule has 5 rings (SSSR count). The van der Waals surface area contributed by atoms with Crippen molar-refractivity contribution in [2.75, 3.05) is 26.8 Å². The fourth-order valence-electron chi connectivity index (χ4n) is 6.09. The molecule has 0 aromatic heterocycles. The van der Waals surface area contributed by atoms with Gasteiger partial charge in [-0.15, -0.1) is 0 Å². The van der Waals surface area contributed by atoms with Gasteiger partial charge >= 0.3 is 0 Å². The molecule has 0 unspecified atom stereocenters. The maximum absolute atomic E-state index is 13.8. The highest BCUT2D eigenvalue weighted by Gasteiger charge is 2.65. The van der Waals surface area contributed by atoms with Crippen LogP contribution in [-0.4, -0.2) is 48.1 Å². The molecule has 0 saturated carbocycles.